The van der Waals surface area contributed by atoms with Crippen LogP contribution in [0, 0.1) is 11.8 Å². The van der Waals surface area contributed by atoms with E-state index in [1.165, 1.54) is 0 Å². The highest BCUT2D eigenvalue weighted by molar-refractivity contribution is 5.69. The lowest BCUT2D eigenvalue weighted by molar-refractivity contribution is 0.105. The van der Waals surface area contributed by atoms with Gasteiger partial charge in [0.25, 0.3) is 0 Å². The summed E-state index contributed by atoms with van der Waals surface area (Å²) in [7, 11) is 0. The molecule has 0 saturated carbocycles. The molecule has 1 amide bonds. The van der Waals surface area contributed by atoms with Crippen LogP contribution in [-0.2, 0) is 11.3 Å². The summed E-state index contributed by atoms with van der Waals surface area (Å²) in [5.41, 5.74) is 1.01. The molecule has 0 aliphatic carbocycles. The number of amides is 1. The van der Waals surface area contributed by atoms with Gasteiger partial charge in [0.1, 0.15) is 6.61 Å². The molecule has 0 bridgehead atoms. The molecule has 0 radical (unpaired) electrons. The summed E-state index contributed by atoms with van der Waals surface area (Å²) in [4.78, 5) is 13.7. The van der Waals surface area contributed by atoms with Gasteiger partial charge in [0.2, 0.25) is 0 Å². The first-order chi connectivity index (χ1) is 9.16. The lowest BCUT2D eigenvalue weighted by atomic mass is 9.94. The van der Waals surface area contributed by atoms with Crippen LogP contribution in [0.2, 0.25) is 0 Å². The Morgan fingerprint density at radius 3 is 2.74 bits per heavy atom. The summed E-state index contributed by atoms with van der Waals surface area (Å²) in [6, 6.07) is 9.75. The van der Waals surface area contributed by atoms with Crippen LogP contribution < -0.4 is 0 Å². The minimum Gasteiger partial charge on any atom is -0.444 e. The molecule has 0 fully saturated rings. The number of carbonyl (C=O) groups is 1. The van der Waals surface area contributed by atoms with Gasteiger partial charge in [-0.25, -0.2) is 4.79 Å². The molecule has 3 nitrogen and oxygen atoms in total. The monoisotopic (exact) mass is 259 g/mol. The second-order valence-electron chi connectivity index (χ2n) is 5.27. The number of carbonyl (C=O) groups excluding carboxylic acids is 1. The summed E-state index contributed by atoms with van der Waals surface area (Å²) in [5.74, 6) is 1.09. The van der Waals surface area contributed by atoms with E-state index in [9.17, 15) is 4.79 Å². The third-order valence-corrected chi connectivity index (χ3v) is 3.69. The number of hydrogen-bond donors (Lipinski definition) is 0. The largest absolute Gasteiger partial charge is 0.444 e. The number of allylic oxidation sites excluding steroid dienone is 1. The second-order valence-corrected chi connectivity index (χ2v) is 5.27. The van der Waals surface area contributed by atoms with Gasteiger partial charge in [-0.2, -0.15) is 0 Å². The molecule has 102 valence electrons. The Bertz CT molecular complexity index is 441. The number of ether oxygens (including phenoxy) is 1. The minimum atomic E-state index is -0.263. The van der Waals surface area contributed by atoms with Crippen molar-refractivity contribution in [2.75, 3.05) is 6.54 Å². The van der Waals surface area contributed by atoms with Crippen LogP contribution in [0.25, 0.3) is 0 Å². The Balaban J connectivity index is 1.89. The molecule has 0 N–H and O–H groups in total. The summed E-state index contributed by atoms with van der Waals surface area (Å²) in [6.45, 7) is 5.45. The Morgan fingerprint density at radius 1 is 1.26 bits per heavy atom. The van der Waals surface area contributed by atoms with Crippen molar-refractivity contribution in [3.63, 3.8) is 0 Å². The maximum absolute atomic E-state index is 12.0. The Hall–Kier alpha value is -1.77. The highest BCUT2D eigenvalue weighted by Gasteiger charge is 2.21. The SMILES string of the molecule is C[C@H]1CC=CN(C(=O)OCc2ccccc2)C[C@@H]1C. The molecule has 19 heavy (non-hydrogen) atoms. The predicted molar refractivity (Wildman–Crippen MR) is 75.4 cm³/mol. The summed E-state index contributed by atoms with van der Waals surface area (Å²) in [5, 5.41) is 0. The van der Waals surface area contributed by atoms with Gasteiger partial charge in [0, 0.05) is 12.7 Å². The first-order valence-electron chi connectivity index (χ1n) is 6.81. The van der Waals surface area contributed by atoms with Gasteiger partial charge in [-0.15, -0.1) is 0 Å². The van der Waals surface area contributed by atoms with Gasteiger partial charge >= 0.3 is 6.09 Å². The van der Waals surface area contributed by atoms with Crippen LogP contribution in [-0.4, -0.2) is 17.5 Å². The van der Waals surface area contributed by atoms with E-state index in [0.29, 0.717) is 18.4 Å². The fourth-order valence-electron chi connectivity index (χ4n) is 2.12. The van der Waals surface area contributed by atoms with Crippen molar-refractivity contribution in [1.29, 1.82) is 0 Å². The Morgan fingerprint density at radius 2 is 2.00 bits per heavy atom. The van der Waals surface area contributed by atoms with Gasteiger partial charge in [-0.1, -0.05) is 50.3 Å². The first-order valence-corrected chi connectivity index (χ1v) is 6.81. The maximum Gasteiger partial charge on any atom is 0.414 e. The highest BCUT2D eigenvalue weighted by Crippen LogP contribution is 2.21. The van der Waals surface area contributed by atoms with Crippen LogP contribution in [0.4, 0.5) is 4.79 Å². The maximum atomic E-state index is 12.0. The highest BCUT2D eigenvalue weighted by atomic mass is 16.6. The third kappa shape index (κ3) is 3.85. The molecule has 1 aromatic carbocycles. The molecule has 0 aromatic heterocycles. The Labute approximate surface area is 114 Å². The molecule has 1 aliphatic heterocycles. The lowest BCUT2D eigenvalue weighted by Gasteiger charge is -2.22. The fraction of sp³-hybridized carbons (Fsp3) is 0.438. The standard InChI is InChI=1S/C16H21NO2/c1-13-7-6-10-17(11-14(13)2)16(18)19-12-15-8-4-3-5-9-15/h3-6,8-10,13-14H,7,11-12H2,1-2H3/t13-,14-/m0/s1. The number of nitrogens with zero attached hydrogens (tertiary/aromatic N) is 1. The van der Waals surface area contributed by atoms with E-state index >= 15 is 0 Å². The van der Waals surface area contributed by atoms with E-state index < -0.39 is 0 Å². The number of benzene rings is 1. The summed E-state index contributed by atoms with van der Waals surface area (Å²) in [6.07, 6.45) is 4.66. The van der Waals surface area contributed by atoms with Gasteiger partial charge in [0.15, 0.2) is 0 Å². The molecular formula is C16H21NO2. The van der Waals surface area contributed by atoms with Gasteiger partial charge in [-0.3, -0.25) is 4.90 Å². The zero-order valence-electron chi connectivity index (χ0n) is 11.6. The summed E-state index contributed by atoms with van der Waals surface area (Å²) < 4.78 is 5.34. The topological polar surface area (TPSA) is 29.5 Å². The first kappa shape index (κ1) is 13.7. The average Bonchev–Trinajstić information content (AvgIpc) is 2.60. The van der Waals surface area contributed by atoms with Crippen molar-refractivity contribution in [2.24, 2.45) is 11.8 Å². The molecule has 2 atom stereocenters. The molecule has 1 heterocycles. The molecule has 1 aliphatic rings. The number of hydrogen-bond acceptors (Lipinski definition) is 2. The zero-order valence-corrected chi connectivity index (χ0v) is 11.6. The zero-order chi connectivity index (χ0) is 13.7. The fourth-order valence-corrected chi connectivity index (χ4v) is 2.12. The predicted octanol–water partition coefficient (Wildman–Crippen LogP) is 3.81. The van der Waals surface area contributed by atoms with Crippen LogP contribution in [0.15, 0.2) is 42.6 Å². The minimum absolute atomic E-state index is 0.263. The van der Waals surface area contributed by atoms with Crippen molar-refractivity contribution in [1.82, 2.24) is 4.90 Å². The van der Waals surface area contributed by atoms with Crippen molar-refractivity contribution in [3.05, 3.63) is 48.2 Å². The van der Waals surface area contributed by atoms with Crippen LogP contribution in [0.1, 0.15) is 25.8 Å². The second kappa shape index (κ2) is 6.41. The van der Waals surface area contributed by atoms with E-state index in [-0.39, 0.29) is 6.09 Å². The quantitative estimate of drug-likeness (QED) is 0.808. The summed E-state index contributed by atoms with van der Waals surface area (Å²) >= 11 is 0. The van der Waals surface area contributed by atoms with E-state index in [2.05, 4.69) is 19.9 Å². The van der Waals surface area contributed by atoms with E-state index in [0.717, 1.165) is 18.5 Å². The molecule has 2 rings (SSSR count). The smallest absolute Gasteiger partial charge is 0.414 e. The van der Waals surface area contributed by atoms with Crippen molar-refractivity contribution >= 4 is 6.09 Å². The van der Waals surface area contributed by atoms with Gasteiger partial charge in [-0.05, 0) is 23.8 Å². The molecule has 0 saturated heterocycles. The molecule has 3 heteroatoms. The molecule has 0 spiro atoms. The van der Waals surface area contributed by atoms with E-state index in [4.69, 9.17) is 4.74 Å². The van der Waals surface area contributed by atoms with E-state index in [1.54, 1.807) is 4.90 Å². The molecule has 0 unspecified atom stereocenters. The van der Waals surface area contributed by atoms with Crippen LogP contribution in [0.3, 0.4) is 0 Å². The number of rotatable bonds is 2. The van der Waals surface area contributed by atoms with Crippen LogP contribution >= 0.6 is 0 Å². The van der Waals surface area contributed by atoms with Crippen molar-refractivity contribution in [3.8, 4) is 0 Å². The van der Waals surface area contributed by atoms with Gasteiger partial charge < -0.3 is 4.74 Å². The molecular weight excluding hydrogens is 238 g/mol. The van der Waals surface area contributed by atoms with Gasteiger partial charge in [0.05, 0.1) is 0 Å². The van der Waals surface area contributed by atoms with E-state index in [1.807, 2.05) is 36.5 Å². The van der Waals surface area contributed by atoms with Crippen molar-refractivity contribution in [2.45, 2.75) is 26.9 Å². The van der Waals surface area contributed by atoms with Crippen molar-refractivity contribution < 1.29 is 9.53 Å². The average molecular weight is 259 g/mol. The normalized spacial score (nSPS) is 22.9. The third-order valence-electron chi connectivity index (χ3n) is 3.69. The van der Waals surface area contributed by atoms with Crippen LogP contribution in [0.5, 0.6) is 0 Å². The Kier molecular flexibility index (Phi) is 4.61. The molecule has 1 aromatic rings. The lowest BCUT2D eigenvalue weighted by Crippen LogP contribution is -2.31.